The Kier molecular flexibility index (Phi) is 6.35. The Hall–Kier alpha value is -4.66. The fourth-order valence-corrected chi connectivity index (χ4v) is 4.46. The highest BCUT2D eigenvalue weighted by Gasteiger charge is 2.35. The molecule has 0 unspecified atom stereocenters. The molecule has 0 bridgehead atoms. The summed E-state index contributed by atoms with van der Waals surface area (Å²) in [7, 11) is 1.57. The van der Waals surface area contributed by atoms with Crippen LogP contribution in [0.5, 0.6) is 5.75 Å². The number of rotatable bonds is 6. The Balaban J connectivity index is 1.53. The molecule has 188 valence electrons. The molecule has 5 rings (SSSR count). The highest BCUT2D eigenvalue weighted by molar-refractivity contribution is 6.09. The van der Waals surface area contributed by atoms with E-state index in [4.69, 9.17) is 9.47 Å². The van der Waals surface area contributed by atoms with Crippen LogP contribution >= 0.6 is 0 Å². The molecule has 4 aromatic rings. The molecule has 0 aliphatic carbocycles. The van der Waals surface area contributed by atoms with Gasteiger partial charge in [-0.05, 0) is 80.4 Å². The minimum atomic E-state index is -0.555. The van der Waals surface area contributed by atoms with E-state index in [0.717, 1.165) is 5.56 Å². The van der Waals surface area contributed by atoms with Crippen molar-refractivity contribution >= 4 is 17.6 Å². The summed E-state index contributed by atoms with van der Waals surface area (Å²) in [6.07, 6.45) is 2.17. The molecule has 0 radical (unpaired) electrons. The van der Waals surface area contributed by atoms with Gasteiger partial charge in [0.25, 0.3) is 11.5 Å². The van der Waals surface area contributed by atoms with Gasteiger partial charge in [0, 0.05) is 35.7 Å². The standard InChI is InChI=1S/C28H26N4O5/c1-4-37-28(35)25-23-14-16-31(20-7-5-19(6-8-20)30-15-13-18(2)17-24(30)33)27(34)26(23)32(29-25)21-9-11-22(36-3)12-10-21/h5-13,15,17H,4,14,16H2,1-3H3. The summed E-state index contributed by atoms with van der Waals surface area (Å²) in [4.78, 5) is 40.5. The second-order valence-electron chi connectivity index (χ2n) is 8.64. The average molecular weight is 499 g/mol. The molecule has 1 aliphatic rings. The molecule has 0 atom stereocenters. The van der Waals surface area contributed by atoms with Gasteiger partial charge < -0.3 is 14.4 Å². The molecule has 0 fully saturated rings. The van der Waals surface area contributed by atoms with Gasteiger partial charge in [-0.2, -0.15) is 5.10 Å². The SMILES string of the molecule is CCOC(=O)c1nn(-c2ccc(OC)cc2)c2c1CCN(c1ccc(-n3ccc(C)cc3=O)cc1)C2=O. The number of amides is 1. The van der Waals surface area contributed by atoms with Crippen molar-refractivity contribution in [1.82, 2.24) is 14.3 Å². The van der Waals surface area contributed by atoms with Crippen LogP contribution in [0, 0.1) is 6.92 Å². The molecule has 3 heterocycles. The van der Waals surface area contributed by atoms with Gasteiger partial charge in [-0.3, -0.25) is 14.2 Å². The summed E-state index contributed by atoms with van der Waals surface area (Å²) >= 11 is 0. The lowest BCUT2D eigenvalue weighted by atomic mass is 10.0. The first kappa shape index (κ1) is 24.1. The number of hydrogen-bond donors (Lipinski definition) is 0. The van der Waals surface area contributed by atoms with Gasteiger partial charge in [-0.15, -0.1) is 0 Å². The summed E-state index contributed by atoms with van der Waals surface area (Å²) in [6, 6.07) is 17.8. The van der Waals surface area contributed by atoms with Crippen LogP contribution in [0.15, 0.2) is 71.7 Å². The van der Waals surface area contributed by atoms with Crippen LogP contribution < -0.4 is 15.2 Å². The summed E-state index contributed by atoms with van der Waals surface area (Å²) in [5, 5.41) is 4.50. The zero-order valence-electron chi connectivity index (χ0n) is 20.8. The van der Waals surface area contributed by atoms with Crippen molar-refractivity contribution in [2.45, 2.75) is 20.3 Å². The highest BCUT2D eigenvalue weighted by Crippen LogP contribution is 2.30. The van der Waals surface area contributed by atoms with E-state index in [2.05, 4.69) is 5.10 Å². The molecule has 0 saturated carbocycles. The van der Waals surface area contributed by atoms with Crippen molar-refractivity contribution in [3.05, 3.63) is 99.7 Å². The number of hydrogen-bond acceptors (Lipinski definition) is 6. The summed E-state index contributed by atoms with van der Waals surface area (Å²) in [6.45, 7) is 4.18. The van der Waals surface area contributed by atoms with Crippen LogP contribution in [-0.2, 0) is 11.2 Å². The maximum absolute atomic E-state index is 13.8. The van der Waals surface area contributed by atoms with Crippen molar-refractivity contribution in [1.29, 1.82) is 0 Å². The lowest BCUT2D eigenvalue weighted by Crippen LogP contribution is -2.39. The van der Waals surface area contributed by atoms with Gasteiger partial charge in [0.1, 0.15) is 11.4 Å². The predicted molar refractivity (Wildman–Crippen MR) is 138 cm³/mol. The third-order valence-electron chi connectivity index (χ3n) is 6.32. The molecular weight excluding hydrogens is 472 g/mol. The Labute approximate surface area is 213 Å². The molecule has 37 heavy (non-hydrogen) atoms. The number of anilines is 1. The fourth-order valence-electron chi connectivity index (χ4n) is 4.46. The number of benzene rings is 2. The Bertz CT molecular complexity index is 1530. The Morgan fingerprint density at radius 1 is 0.973 bits per heavy atom. The molecule has 0 spiro atoms. The molecular formula is C28H26N4O5. The number of esters is 1. The van der Waals surface area contributed by atoms with Gasteiger partial charge in [0.15, 0.2) is 5.69 Å². The number of fused-ring (bicyclic) bond motifs is 1. The minimum Gasteiger partial charge on any atom is -0.497 e. The minimum absolute atomic E-state index is 0.124. The van der Waals surface area contributed by atoms with Gasteiger partial charge in [0.2, 0.25) is 0 Å². The van der Waals surface area contributed by atoms with E-state index in [-0.39, 0.29) is 23.8 Å². The van der Waals surface area contributed by atoms with Crippen molar-refractivity contribution < 1.29 is 19.1 Å². The molecule has 1 aliphatic heterocycles. The second-order valence-corrected chi connectivity index (χ2v) is 8.64. The van der Waals surface area contributed by atoms with Gasteiger partial charge >= 0.3 is 5.97 Å². The lowest BCUT2D eigenvalue weighted by molar-refractivity contribution is 0.0517. The zero-order chi connectivity index (χ0) is 26.1. The van der Waals surface area contributed by atoms with E-state index in [9.17, 15) is 14.4 Å². The number of carbonyl (C=O) groups excluding carboxylic acids is 2. The smallest absolute Gasteiger partial charge is 0.359 e. The molecule has 0 N–H and O–H groups in total. The van der Waals surface area contributed by atoms with E-state index in [0.29, 0.717) is 47.0 Å². The molecule has 0 saturated heterocycles. The van der Waals surface area contributed by atoms with E-state index < -0.39 is 5.97 Å². The number of aryl methyl sites for hydroxylation is 1. The quantitative estimate of drug-likeness (QED) is 0.376. The van der Waals surface area contributed by atoms with Crippen molar-refractivity contribution in [2.24, 2.45) is 0 Å². The van der Waals surface area contributed by atoms with E-state index in [1.807, 2.05) is 25.1 Å². The lowest BCUT2D eigenvalue weighted by Gasteiger charge is -2.28. The number of pyridine rings is 1. The van der Waals surface area contributed by atoms with E-state index >= 15 is 0 Å². The van der Waals surface area contributed by atoms with Crippen LogP contribution in [-0.4, -0.2) is 46.5 Å². The largest absolute Gasteiger partial charge is 0.497 e. The van der Waals surface area contributed by atoms with Crippen LogP contribution in [0.1, 0.15) is 39.0 Å². The Morgan fingerprint density at radius 2 is 1.65 bits per heavy atom. The third-order valence-corrected chi connectivity index (χ3v) is 6.32. The molecule has 2 aromatic carbocycles. The second kappa shape index (κ2) is 9.77. The van der Waals surface area contributed by atoms with Gasteiger partial charge in [-0.25, -0.2) is 9.48 Å². The summed E-state index contributed by atoms with van der Waals surface area (Å²) in [5.41, 5.74) is 3.80. The first-order valence-corrected chi connectivity index (χ1v) is 12.0. The van der Waals surface area contributed by atoms with Gasteiger partial charge in [-0.1, -0.05) is 0 Å². The van der Waals surface area contributed by atoms with Crippen molar-refractivity contribution in [3.63, 3.8) is 0 Å². The Morgan fingerprint density at radius 3 is 2.30 bits per heavy atom. The van der Waals surface area contributed by atoms with Gasteiger partial charge in [0.05, 0.1) is 19.4 Å². The fraction of sp³-hybridized carbons (Fsp3) is 0.214. The predicted octanol–water partition coefficient (Wildman–Crippen LogP) is 3.72. The highest BCUT2D eigenvalue weighted by atomic mass is 16.5. The third kappa shape index (κ3) is 4.40. The summed E-state index contributed by atoms with van der Waals surface area (Å²) < 4.78 is 13.5. The molecule has 1 amide bonds. The molecule has 9 nitrogen and oxygen atoms in total. The van der Waals surface area contributed by atoms with Crippen molar-refractivity contribution in [2.75, 3.05) is 25.2 Å². The number of carbonyl (C=O) groups is 2. The normalized spacial score (nSPS) is 12.8. The van der Waals surface area contributed by atoms with Crippen LogP contribution in [0.25, 0.3) is 11.4 Å². The number of ether oxygens (including phenoxy) is 2. The number of methoxy groups -OCH3 is 1. The number of aromatic nitrogens is 3. The van der Waals surface area contributed by atoms with Crippen molar-refractivity contribution in [3.8, 4) is 17.1 Å². The van der Waals surface area contributed by atoms with Crippen LogP contribution in [0.3, 0.4) is 0 Å². The maximum Gasteiger partial charge on any atom is 0.359 e. The summed E-state index contributed by atoms with van der Waals surface area (Å²) in [5.74, 6) is -0.170. The first-order chi connectivity index (χ1) is 17.9. The van der Waals surface area contributed by atoms with E-state index in [1.165, 1.54) is 4.68 Å². The monoisotopic (exact) mass is 498 g/mol. The average Bonchev–Trinajstić information content (AvgIpc) is 3.30. The zero-order valence-corrected chi connectivity index (χ0v) is 20.8. The van der Waals surface area contributed by atoms with Crippen LogP contribution in [0.2, 0.25) is 0 Å². The molecule has 9 heteroatoms. The van der Waals surface area contributed by atoms with E-state index in [1.54, 1.807) is 72.2 Å². The molecule has 2 aromatic heterocycles. The van der Waals surface area contributed by atoms with Crippen LogP contribution in [0.4, 0.5) is 5.69 Å². The maximum atomic E-state index is 13.8. The topological polar surface area (TPSA) is 95.7 Å². The first-order valence-electron chi connectivity index (χ1n) is 12.0. The number of nitrogens with zero attached hydrogens (tertiary/aromatic N) is 4.